The standard InChI is InChI=1S/C20H22N2O5S/c1-15-3-5-16(6-4-15)9-12-28(24,25)21-14-20(23)22-17-7-8-18-19(13-17)27-11-2-10-26-18/h3-9,12-13,21H,2,10-11,14H2,1H3,(H,22,23). The molecule has 0 radical (unpaired) electrons. The van der Waals surface area contributed by atoms with E-state index in [0.29, 0.717) is 30.4 Å². The van der Waals surface area contributed by atoms with Crippen molar-refractivity contribution in [1.29, 1.82) is 0 Å². The van der Waals surface area contributed by atoms with E-state index >= 15 is 0 Å². The fraction of sp³-hybridized carbons (Fsp3) is 0.250. The lowest BCUT2D eigenvalue weighted by molar-refractivity contribution is -0.115. The Balaban J connectivity index is 1.54. The van der Waals surface area contributed by atoms with Crippen LogP contribution in [0.5, 0.6) is 11.5 Å². The molecule has 7 nitrogen and oxygen atoms in total. The highest BCUT2D eigenvalue weighted by Crippen LogP contribution is 2.32. The van der Waals surface area contributed by atoms with E-state index in [1.807, 2.05) is 31.2 Å². The molecule has 1 aliphatic rings. The van der Waals surface area contributed by atoms with Crippen LogP contribution in [0.25, 0.3) is 6.08 Å². The molecule has 1 aliphatic heterocycles. The van der Waals surface area contributed by atoms with Crippen LogP contribution in [-0.2, 0) is 14.8 Å². The molecule has 0 bridgehead atoms. The molecule has 8 heteroatoms. The second-order valence-corrected chi connectivity index (χ2v) is 7.99. The minimum absolute atomic E-state index is 0.380. The summed E-state index contributed by atoms with van der Waals surface area (Å²) in [7, 11) is -3.73. The molecule has 3 rings (SSSR count). The summed E-state index contributed by atoms with van der Waals surface area (Å²) >= 11 is 0. The van der Waals surface area contributed by atoms with Gasteiger partial charge >= 0.3 is 0 Å². The predicted molar refractivity (Wildman–Crippen MR) is 108 cm³/mol. The summed E-state index contributed by atoms with van der Waals surface area (Å²) in [6, 6.07) is 12.5. The molecule has 0 saturated carbocycles. The fourth-order valence-electron chi connectivity index (χ4n) is 2.51. The average Bonchev–Trinajstić information content (AvgIpc) is 2.91. The van der Waals surface area contributed by atoms with Crippen molar-refractivity contribution >= 4 is 27.7 Å². The molecule has 0 spiro atoms. The molecule has 28 heavy (non-hydrogen) atoms. The second kappa shape index (κ2) is 8.90. The average molecular weight is 402 g/mol. The lowest BCUT2D eigenvalue weighted by atomic mass is 10.2. The van der Waals surface area contributed by atoms with Crippen LogP contribution in [0, 0.1) is 6.92 Å². The first-order valence-electron chi connectivity index (χ1n) is 8.85. The Bertz CT molecular complexity index is 969. The van der Waals surface area contributed by atoms with Gasteiger partial charge in [-0.3, -0.25) is 4.79 Å². The summed E-state index contributed by atoms with van der Waals surface area (Å²) in [6.07, 6.45) is 2.26. The fourth-order valence-corrected chi connectivity index (χ4v) is 3.27. The van der Waals surface area contributed by atoms with Crippen molar-refractivity contribution in [2.24, 2.45) is 0 Å². The summed E-state index contributed by atoms with van der Waals surface area (Å²) in [5, 5.41) is 3.68. The van der Waals surface area contributed by atoms with Crippen molar-refractivity contribution in [3.05, 3.63) is 59.0 Å². The lowest BCUT2D eigenvalue weighted by Crippen LogP contribution is -2.31. The maximum atomic E-state index is 12.1. The molecular formula is C20H22N2O5S. The van der Waals surface area contributed by atoms with Gasteiger partial charge in [-0.1, -0.05) is 29.8 Å². The zero-order valence-electron chi connectivity index (χ0n) is 15.5. The van der Waals surface area contributed by atoms with Crippen molar-refractivity contribution in [3.8, 4) is 11.5 Å². The zero-order valence-corrected chi connectivity index (χ0v) is 16.3. The van der Waals surface area contributed by atoms with E-state index < -0.39 is 15.9 Å². The quantitative estimate of drug-likeness (QED) is 0.775. The first kappa shape index (κ1) is 19.9. The van der Waals surface area contributed by atoms with Gasteiger partial charge in [0, 0.05) is 23.6 Å². The van der Waals surface area contributed by atoms with Gasteiger partial charge in [-0.25, -0.2) is 13.1 Å². The number of aryl methyl sites for hydroxylation is 1. The van der Waals surface area contributed by atoms with Crippen molar-refractivity contribution < 1.29 is 22.7 Å². The van der Waals surface area contributed by atoms with Crippen LogP contribution in [-0.4, -0.2) is 34.1 Å². The van der Waals surface area contributed by atoms with Crippen LogP contribution in [0.4, 0.5) is 5.69 Å². The molecular weight excluding hydrogens is 380 g/mol. The molecule has 148 valence electrons. The van der Waals surface area contributed by atoms with Gasteiger partial charge in [0.15, 0.2) is 11.5 Å². The van der Waals surface area contributed by atoms with Gasteiger partial charge in [-0.2, -0.15) is 0 Å². The van der Waals surface area contributed by atoms with Gasteiger partial charge in [0.25, 0.3) is 0 Å². The molecule has 0 unspecified atom stereocenters. The summed E-state index contributed by atoms with van der Waals surface area (Å²) < 4.78 is 37.4. The second-order valence-electron chi connectivity index (χ2n) is 6.34. The summed E-state index contributed by atoms with van der Waals surface area (Å²) in [4.78, 5) is 12.1. The Hall–Kier alpha value is -2.84. The molecule has 0 saturated heterocycles. The third kappa shape index (κ3) is 5.83. The molecule has 2 N–H and O–H groups in total. The lowest BCUT2D eigenvalue weighted by Gasteiger charge is -2.10. The van der Waals surface area contributed by atoms with E-state index in [1.54, 1.807) is 18.2 Å². The van der Waals surface area contributed by atoms with Crippen LogP contribution in [0.15, 0.2) is 47.9 Å². The topological polar surface area (TPSA) is 93.7 Å². The minimum Gasteiger partial charge on any atom is -0.490 e. The molecule has 0 fully saturated rings. The third-order valence-corrected chi connectivity index (χ3v) is 5.02. The highest BCUT2D eigenvalue weighted by atomic mass is 32.2. The van der Waals surface area contributed by atoms with Crippen LogP contribution in [0.1, 0.15) is 17.5 Å². The molecule has 2 aromatic rings. The highest BCUT2D eigenvalue weighted by molar-refractivity contribution is 7.92. The Morgan fingerprint density at radius 3 is 2.54 bits per heavy atom. The maximum Gasteiger partial charge on any atom is 0.239 e. The van der Waals surface area contributed by atoms with Crippen molar-refractivity contribution in [1.82, 2.24) is 4.72 Å². The van der Waals surface area contributed by atoms with Gasteiger partial charge in [0.1, 0.15) is 0 Å². The predicted octanol–water partition coefficient (Wildman–Crippen LogP) is 2.69. The van der Waals surface area contributed by atoms with E-state index in [2.05, 4.69) is 10.0 Å². The van der Waals surface area contributed by atoms with E-state index in [1.165, 1.54) is 6.08 Å². The number of carbonyl (C=O) groups is 1. The molecule has 0 atom stereocenters. The van der Waals surface area contributed by atoms with E-state index in [4.69, 9.17) is 9.47 Å². The number of sulfonamides is 1. The van der Waals surface area contributed by atoms with Crippen molar-refractivity contribution in [2.45, 2.75) is 13.3 Å². The Morgan fingerprint density at radius 2 is 1.79 bits per heavy atom. The summed E-state index contributed by atoms with van der Waals surface area (Å²) in [6.45, 7) is 2.69. The normalized spacial score (nSPS) is 13.9. The van der Waals surface area contributed by atoms with Gasteiger partial charge in [-0.15, -0.1) is 0 Å². The first-order valence-corrected chi connectivity index (χ1v) is 10.4. The van der Waals surface area contributed by atoms with Crippen LogP contribution in [0.2, 0.25) is 0 Å². The maximum absolute atomic E-state index is 12.1. The van der Waals surface area contributed by atoms with Gasteiger partial charge in [0.2, 0.25) is 15.9 Å². The number of ether oxygens (including phenoxy) is 2. The number of amides is 1. The monoisotopic (exact) mass is 402 g/mol. The van der Waals surface area contributed by atoms with Gasteiger partial charge in [-0.05, 0) is 30.7 Å². The molecule has 0 aliphatic carbocycles. The third-order valence-electron chi connectivity index (χ3n) is 3.98. The van der Waals surface area contributed by atoms with E-state index in [0.717, 1.165) is 23.0 Å². The number of hydrogen-bond acceptors (Lipinski definition) is 5. The number of carbonyl (C=O) groups excluding carboxylic acids is 1. The molecule has 2 aromatic carbocycles. The Kier molecular flexibility index (Phi) is 6.33. The summed E-state index contributed by atoms with van der Waals surface area (Å²) in [5.41, 5.74) is 2.35. The Morgan fingerprint density at radius 1 is 1.07 bits per heavy atom. The van der Waals surface area contributed by atoms with Gasteiger partial charge < -0.3 is 14.8 Å². The minimum atomic E-state index is -3.73. The van der Waals surface area contributed by atoms with Crippen molar-refractivity contribution in [2.75, 3.05) is 25.1 Å². The number of anilines is 1. The smallest absolute Gasteiger partial charge is 0.239 e. The number of benzene rings is 2. The van der Waals surface area contributed by atoms with Crippen LogP contribution < -0.4 is 19.5 Å². The Labute approximate surface area is 164 Å². The number of fused-ring (bicyclic) bond motifs is 1. The molecule has 1 amide bonds. The highest BCUT2D eigenvalue weighted by Gasteiger charge is 2.13. The SMILES string of the molecule is Cc1ccc(C=CS(=O)(=O)NCC(=O)Nc2ccc3c(c2)OCCCO3)cc1. The van der Waals surface area contributed by atoms with Crippen LogP contribution >= 0.6 is 0 Å². The van der Waals surface area contributed by atoms with Crippen molar-refractivity contribution in [3.63, 3.8) is 0 Å². The van der Waals surface area contributed by atoms with E-state index in [9.17, 15) is 13.2 Å². The van der Waals surface area contributed by atoms with Gasteiger partial charge in [0.05, 0.1) is 19.8 Å². The number of nitrogens with one attached hydrogen (secondary N) is 2. The first-order chi connectivity index (χ1) is 13.4. The molecule has 0 aromatic heterocycles. The summed E-state index contributed by atoms with van der Waals surface area (Å²) in [5.74, 6) is 0.691. The number of rotatable bonds is 6. The molecule has 1 heterocycles. The van der Waals surface area contributed by atoms with E-state index in [-0.39, 0.29) is 6.54 Å². The largest absolute Gasteiger partial charge is 0.490 e. The van der Waals surface area contributed by atoms with Crippen LogP contribution in [0.3, 0.4) is 0 Å². The number of hydrogen-bond donors (Lipinski definition) is 2. The zero-order chi connectivity index (χ0) is 20.0.